The Morgan fingerprint density at radius 1 is 1.13 bits per heavy atom. The third-order valence-corrected chi connectivity index (χ3v) is 4.15. The lowest BCUT2D eigenvalue weighted by Gasteiger charge is -2.30. The monoisotopic (exact) mass is 310 g/mol. The second kappa shape index (κ2) is 7.24. The molecule has 1 aliphatic heterocycles. The highest BCUT2D eigenvalue weighted by atomic mass is 16.1. The van der Waals surface area contributed by atoms with Gasteiger partial charge in [0.15, 0.2) is 0 Å². The Morgan fingerprint density at radius 2 is 1.83 bits per heavy atom. The molecule has 0 atom stereocenters. The van der Waals surface area contributed by atoms with Crippen LogP contribution in [0.3, 0.4) is 0 Å². The molecule has 5 nitrogen and oxygen atoms in total. The van der Waals surface area contributed by atoms with Gasteiger partial charge in [-0.2, -0.15) is 0 Å². The van der Waals surface area contributed by atoms with E-state index in [0.29, 0.717) is 11.6 Å². The molecule has 23 heavy (non-hydrogen) atoms. The molecule has 0 unspecified atom stereocenters. The van der Waals surface area contributed by atoms with Crippen LogP contribution in [0.15, 0.2) is 48.8 Å². The average molecular weight is 310 g/mol. The van der Waals surface area contributed by atoms with Crippen LogP contribution >= 0.6 is 0 Å². The molecule has 3 rings (SSSR count). The zero-order chi connectivity index (χ0) is 16.1. The molecule has 5 heteroatoms. The number of anilines is 2. The van der Waals surface area contributed by atoms with Crippen molar-refractivity contribution < 1.29 is 4.79 Å². The first kappa shape index (κ1) is 15.5. The summed E-state index contributed by atoms with van der Waals surface area (Å²) in [5, 5.41) is 6.49. The maximum atomic E-state index is 12.2. The van der Waals surface area contributed by atoms with Crippen molar-refractivity contribution in [3.8, 4) is 0 Å². The normalized spacial score (nSPS) is 16.0. The predicted molar refractivity (Wildman–Crippen MR) is 92.8 cm³/mol. The number of benzene rings is 1. The molecule has 1 aromatic heterocycles. The van der Waals surface area contributed by atoms with Gasteiger partial charge in [0.1, 0.15) is 0 Å². The van der Waals surface area contributed by atoms with Crippen molar-refractivity contribution in [1.29, 1.82) is 0 Å². The Balaban J connectivity index is 1.62. The summed E-state index contributed by atoms with van der Waals surface area (Å²) in [6, 6.07) is 11.8. The van der Waals surface area contributed by atoms with Crippen molar-refractivity contribution in [2.24, 2.45) is 0 Å². The van der Waals surface area contributed by atoms with Gasteiger partial charge in [0.25, 0.3) is 5.91 Å². The fraction of sp³-hybridized carbons (Fsp3) is 0.333. The Morgan fingerprint density at radius 3 is 2.57 bits per heavy atom. The number of rotatable bonds is 4. The van der Waals surface area contributed by atoms with Gasteiger partial charge in [-0.3, -0.25) is 9.78 Å². The lowest BCUT2D eigenvalue weighted by Crippen LogP contribution is -2.36. The first-order valence-corrected chi connectivity index (χ1v) is 7.97. The highest BCUT2D eigenvalue weighted by Gasteiger charge is 2.16. The summed E-state index contributed by atoms with van der Waals surface area (Å²) < 4.78 is 0. The molecule has 0 aliphatic carbocycles. The molecule has 2 aromatic rings. The van der Waals surface area contributed by atoms with Crippen LogP contribution in [0.5, 0.6) is 0 Å². The van der Waals surface area contributed by atoms with Gasteiger partial charge in [0, 0.05) is 35.4 Å². The van der Waals surface area contributed by atoms with Crippen molar-refractivity contribution in [3.05, 3.63) is 54.4 Å². The van der Waals surface area contributed by atoms with Crippen LogP contribution in [0.2, 0.25) is 0 Å². The number of piperidine rings is 1. The molecular weight excluding hydrogens is 288 g/mol. The van der Waals surface area contributed by atoms with Crippen LogP contribution in [0, 0.1) is 0 Å². The lowest BCUT2D eigenvalue weighted by molar-refractivity contribution is 0.102. The molecule has 1 amide bonds. The SMILES string of the molecule is CN1CCC(Nc2cccc(NC(=O)c3ccncc3)c2)CC1. The van der Waals surface area contributed by atoms with Crippen molar-refractivity contribution in [2.75, 3.05) is 30.8 Å². The predicted octanol–water partition coefficient (Wildman–Crippen LogP) is 2.84. The highest BCUT2D eigenvalue weighted by Crippen LogP contribution is 2.20. The minimum absolute atomic E-state index is 0.121. The summed E-state index contributed by atoms with van der Waals surface area (Å²) in [5.74, 6) is -0.121. The number of likely N-dealkylation sites (tertiary alicyclic amines) is 1. The standard InChI is InChI=1S/C18H22N4O/c1-22-11-7-15(8-12-22)20-16-3-2-4-17(13-16)21-18(23)14-5-9-19-10-6-14/h2-6,9-10,13,15,20H,7-8,11-12H2,1H3,(H,21,23). The van der Waals surface area contributed by atoms with E-state index in [1.165, 1.54) is 0 Å². The molecule has 0 spiro atoms. The van der Waals surface area contributed by atoms with E-state index in [-0.39, 0.29) is 5.91 Å². The van der Waals surface area contributed by atoms with E-state index in [1.807, 2.05) is 24.3 Å². The zero-order valence-electron chi connectivity index (χ0n) is 13.3. The zero-order valence-corrected chi connectivity index (χ0v) is 13.3. The Bertz CT molecular complexity index is 651. The topological polar surface area (TPSA) is 57.3 Å². The van der Waals surface area contributed by atoms with Crippen molar-refractivity contribution in [3.63, 3.8) is 0 Å². The highest BCUT2D eigenvalue weighted by molar-refractivity contribution is 6.04. The smallest absolute Gasteiger partial charge is 0.255 e. The Kier molecular flexibility index (Phi) is 4.88. The number of nitrogens with one attached hydrogen (secondary N) is 2. The van der Waals surface area contributed by atoms with Crippen LogP contribution < -0.4 is 10.6 Å². The van der Waals surface area contributed by atoms with Gasteiger partial charge in [-0.25, -0.2) is 0 Å². The number of hydrogen-bond donors (Lipinski definition) is 2. The molecule has 120 valence electrons. The molecule has 0 saturated carbocycles. The van der Waals surface area contributed by atoms with Crippen LogP contribution in [-0.4, -0.2) is 42.0 Å². The maximum absolute atomic E-state index is 12.2. The first-order chi connectivity index (χ1) is 11.2. The largest absolute Gasteiger partial charge is 0.382 e. The van der Waals surface area contributed by atoms with Gasteiger partial charge in [-0.15, -0.1) is 0 Å². The van der Waals surface area contributed by atoms with E-state index in [4.69, 9.17) is 0 Å². The second-order valence-corrected chi connectivity index (χ2v) is 5.99. The van der Waals surface area contributed by atoms with Gasteiger partial charge in [-0.1, -0.05) is 6.07 Å². The maximum Gasteiger partial charge on any atom is 0.255 e. The van der Waals surface area contributed by atoms with E-state index >= 15 is 0 Å². The summed E-state index contributed by atoms with van der Waals surface area (Å²) in [6.07, 6.45) is 5.52. The summed E-state index contributed by atoms with van der Waals surface area (Å²) in [5.41, 5.74) is 2.45. The summed E-state index contributed by atoms with van der Waals surface area (Å²) in [7, 11) is 2.16. The molecule has 2 N–H and O–H groups in total. The molecule has 0 bridgehead atoms. The van der Waals surface area contributed by atoms with Gasteiger partial charge in [0.2, 0.25) is 0 Å². The molecule has 1 saturated heterocycles. The number of nitrogens with zero attached hydrogens (tertiary/aromatic N) is 2. The number of hydrogen-bond acceptors (Lipinski definition) is 4. The minimum Gasteiger partial charge on any atom is -0.382 e. The number of amides is 1. The van der Waals surface area contributed by atoms with E-state index in [2.05, 4.69) is 27.6 Å². The number of pyridine rings is 1. The fourth-order valence-corrected chi connectivity index (χ4v) is 2.78. The molecule has 1 fully saturated rings. The third kappa shape index (κ3) is 4.29. The average Bonchev–Trinajstić information content (AvgIpc) is 2.58. The number of carbonyl (C=O) groups excluding carboxylic acids is 1. The van der Waals surface area contributed by atoms with Crippen molar-refractivity contribution >= 4 is 17.3 Å². The van der Waals surface area contributed by atoms with Crippen molar-refractivity contribution in [1.82, 2.24) is 9.88 Å². The van der Waals surface area contributed by atoms with Gasteiger partial charge in [0.05, 0.1) is 0 Å². The van der Waals surface area contributed by atoms with Crippen LogP contribution in [0.1, 0.15) is 23.2 Å². The van der Waals surface area contributed by atoms with E-state index in [9.17, 15) is 4.79 Å². The van der Waals surface area contributed by atoms with Crippen LogP contribution in [0.25, 0.3) is 0 Å². The van der Waals surface area contributed by atoms with E-state index in [1.54, 1.807) is 24.5 Å². The summed E-state index contributed by atoms with van der Waals surface area (Å²) >= 11 is 0. The molecular formula is C18H22N4O. The molecule has 1 aromatic carbocycles. The molecule has 2 heterocycles. The Hall–Kier alpha value is -2.40. The van der Waals surface area contributed by atoms with Gasteiger partial charge in [-0.05, 0) is 63.3 Å². The Labute approximate surface area is 136 Å². The molecule has 1 aliphatic rings. The fourth-order valence-electron chi connectivity index (χ4n) is 2.78. The van der Waals surface area contributed by atoms with Crippen molar-refractivity contribution in [2.45, 2.75) is 18.9 Å². The molecule has 0 radical (unpaired) electrons. The second-order valence-electron chi connectivity index (χ2n) is 5.99. The van der Waals surface area contributed by atoms with Crippen LogP contribution in [0.4, 0.5) is 11.4 Å². The summed E-state index contributed by atoms with van der Waals surface area (Å²) in [4.78, 5) is 18.5. The van der Waals surface area contributed by atoms with E-state index in [0.717, 1.165) is 37.3 Å². The number of carbonyl (C=O) groups is 1. The summed E-state index contributed by atoms with van der Waals surface area (Å²) in [6.45, 7) is 2.24. The lowest BCUT2D eigenvalue weighted by atomic mass is 10.1. The van der Waals surface area contributed by atoms with E-state index < -0.39 is 0 Å². The van der Waals surface area contributed by atoms with Crippen LogP contribution in [-0.2, 0) is 0 Å². The van der Waals surface area contributed by atoms with Gasteiger partial charge < -0.3 is 15.5 Å². The number of aromatic nitrogens is 1. The quantitative estimate of drug-likeness (QED) is 0.912. The van der Waals surface area contributed by atoms with Gasteiger partial charge >= 0.3 is 0 Å². The first-order valence-electron chi connectivity index (χ1n) is 7.97. The third-order valence-electron chi connectivity index (χ3n) is 4.15. The minimum atomic E-state index is -0.121.